The van der Waals surface area contributed by atoms with Gasteiger partial charge >= 0.3 is 90.5 Å². The predicted molar refractivity (Wildman–Crippen MR) is 65.1 cm³/mol. The van der Waals surface area contributed by atoms with Crippen LogP contribution < -0.4 is 0 Å². The summed E-state index contributed by atoms with van der Waals surface area (Å²) in [5, 5.41) is 1.27. The molecule has 0 rings (SSSR count). The molecular formula is C10H23AsOSi. The van der Waals surface area contributed by atoms with Gasteiger partial charge in [0.15, 0.2) is 0 Å². The van der Waals surface area contributed by atoms with Crippen LogP contribution in [0.4, 0.5) is 0 Å². The Morgan fingerprint density at radius 1 is 1.23 bits per heavy atom. The van der Waals surface area contributed by atoms with Crippen LogP contribution in [0, 0.1) is 5.41 Å². The Bertz CT molecular complexity index is 186. The van der Waals surface area contributed by atoms with Crippen LogP contribution in [0.2, 0.25) is 24.8 Å². The Balaban J connectivity index is 4.57. The van der Waals surface area contributed by atoms with E-state index in [1.165, 1.54) is 9.70 Å². The van der Waals surface area contributed by atoms with E-state index in [1.807, 2.05) is 0 Å². The van der Waals surface area contributed by atoms with Gasteiger partial charge in [-0.1, -0.05) is 0 Å². The fourth-order valence-corrected chi connectivity index (χ4v) is 5.53. The van der Waals surface area contributed by atoms with E-state index in [9.17, 15) is 0 Å². The summed E-state index contributed by atoms with van der Waals surface area (Å²) < 4.78 is 7.52. The van der Waals surface area contributed by atoms with Gasteiger partial charge in [0, 0.05) is 0 Å². The Labute approximate surface area is 90.6 Å². The maximum atomic E-state index is 6.14. The van der Waals surface area contributed by atoms with Crippen LogP contribution in [0.5, 0.6) is 0 Å². The number of rotatable bonds is 3. The molecule has 0 N–H and O–H groups in total. The monoisotopic (exact) mass is 262 g/mol. The molecule has 0 bridgehead atoms. The zero-order chi connectivity index (χ0) is 10.7. The third-order valence-corrected chi connectivity index (χ3v) is 5.40. The SMILES string of the molecule is CC[As]=C(O[Si](C)(C)C)C(C)(C)C. The topological polar surface area (TPSA) is 9.23 Å². The van der Waals surface area contributed by atoms with Gasteiger partial charge in [0.25, 0.3) is 0 Å². The molecule has 0 saturated heterocycles. The van der Waals surface area contributed by atoms with Crippen molar-refractivity contribution in [3.05, 3.63) is 0 Å². The van der Waals surface area contributed by atoms with E-state index in [2.05, 4.69) is 47.3 Å². The standard InChI is InChI=1S/C10H23AsOSi/c1-8-11-9(10(2,3)4)12-13(5,6)7/h8H2,1-7H3. The van der Waals surface area contributed by atoms with Gasteiger partial charge in [0.05, 0.1) is 0 Å². The zero-order valence-corrected chi connectivity index (χ0v) is 12.9. The Hall–Kier alpha value is 0.605. The first-order valence-corrected chi connectivity index (χ1v) is 10.6. The molecule has 0 aromatic rings. The number of hydrogen-bond acceptors (Lipinski definition) is 1. The molecule has 0 aromatic heterocycles. The molecular weight excluding hydrogens is 239 g/mol. The van der Waals surface area contributed by atoms with Crippen molar-refractivity contribution in [2.75, 3.05) is 0 Å². The van der Waals surface area contributed by atoms with Crippen molar-refractivity contribution in [1.82, 2.24) is 0 Å². The average Bonchev–Trinajstić information content (AvgIpc) is 1.81. The molecule has 0 aliphatic heterocycles. The van der Waals surface area contributed by atoms with Crippen molar-refractivity contribution in [2.45, 2.75) is 52.5 Å². The van der Waals surface area contributed by atoms with E-state index in [1.54, 1.807) is 0 Å². The molecule has 0 saturated carbocycles. The van der Waals surface area contributed by atoms with Crippen molar-refractivity contribution < 1.29 is 4.43 Å². The molecule has 0 aliphatic rings. The van der Waals surface area contributed by atoms with Crippen LogP contribution in [-0.2, 0) is 4.43 Å². The van der Waals surface area contributed by atoms with Crippen molar-refractivity contribution in [3.8, 4) is 0 Å². The van der Waals surface area contributed by atoms with Crippen LogP contribution in [-0.4, -0.2) is 28.1 Å². The second kappa shape index (κ2) is 4.90. The van der Waals surface area contributed by atoms with Crippen LogP contribution in [0.15, 0.2) is 0 Å². The first-order chi connectivity index (χ1) is 5.67. The summed E-state index contributed by atoms with van der Waals surface area (Å²) in [4.78, 5) is 0. The molecule has 0 fully saturated rings. The van der Waals surface area contributed by atoms with Crippen molar-refractivity contribution >= 4 is 28.1 Å². The molecule has 78 valence electrons. The van der Waals surface area contributed by atoms with Crippen molar-refractivity contribution in [3.63, 3.8) is 0 Å². The minimum atomic E-state index is -1.38. The van der Waals surface area contributed by atoms with Crippen LogP contribution in [0.3, 0.4) is 0 Å². The summed E-state index contributed by atoms with van der Waals surface area (Å²) in [5.74, 6) is 0. The van der Waals surface area contributed by atoms with Crippen LogP contribution in [0.1, 0.15) is 27.7 Å². The fourth-order valence-electron chi connectivity index (χ4n) is 0.856. The van der Waals surface area contributed by atoms with E-state index < -0.39 is 8.32 Å². The van der Waals surface area contributed by atoms with Gasteiger partial charge in [-0.3, -0.25) is 0 Å². The summed E-state index contributed by atoms with van der Waals surface area (Å²) in [7, 11) is -1.38. The Kier molecular flexibility index (Phi) is 5.13. The zero-order valence-electron chi connectivity index (χ0n) is 10.1. The number of hydrogen-bond donors (Lipinski definition) is 0. The first-order valence-electron chi connectivity index (χ1n) is 4.91. The van der Waals surface area contributed by atoms with E-state index in [0.717, 1.165) is 0 Å². The van der Waals surface area contributed by atoms with E-state index in [-0.39, 0.29) is 20.7 Å². The molecule has 1 nitrogen and oxygen atoms in total. The molecule has 0 spiro atoms. The van der Waals surface area contributed by atoms with E-state index in [0.29, 0.717) is 0 Å². The minimum absolute atomic E-state index is 0.246. The van der Waals surface area contributed by atoms with Gasteiger partial charge in [-0.15, -0.1) is 0 Å². The quantitative estimate of drug-likeness (QED) is 0.710. The van der Waals surface area contributed by atoms with Crippen molar-refractivity contribution in [1.29, 1.82) is 0 Å². The first kappa shape index (κ1) is 13.6. The van der Waals surface area contributed by atoms with E-state index in [4.69, 9.17) is 4.43 Å². The molecule has 3 heteroatoms. The van der Waals surface area contributed by atoms with Crippen LogP contribution in [0.25, 0.3) is 0 Å². The fraction of sp³-hybridized carbons (Fsp3) is 0.900. The van der Waals surface area contributed by atoms with Gasteiger partial charge in [-0.25, -0.2) is 0 Å². The van der Waals surface area contributed by atoms with Gasteiger partial charge in [0.1, 0.15) is 0 Å². The maximum absolute atomic E-state index is 6.14. The van der Waals surface area contributed by atoms with Gasteiger partial charge in [-0.05, 0) is 0 Å². The molecule has 0 radical (unpaired) electrons. The summed E-state index contributed by atoms with van der Waals surface area (Å²) in [6, 6.07) is 0. The molecule has 0 aliphatic carbocycles. The van der Waals surface area contributed by atoms with Gasteiger partial charge in [0.2, 0.25) is 0 Å². The second-order valence-corrected chi connectivity index (χ2v) is 12.5. The normalized spacial score (nSPS) is 14.8. The molecule has 0 heterocycles. The molecule has 13 heavy (non-hydrogen) atoms. The third kappa shape index (κ3) is 6.65. The Morgan fingerprint density at radius 3 is 1.92 bits per heavy atom. The van der Waals surface area contributed by atoms with Crippen molar-refractivity contribution in [2.24, 2.45) is 5.41 Å². The van der Waals surface area contributed by atoms with Gasteiger partial charge < -0.3 is 0 Å². The van der Waals surface area contributed by atoms with Crippen LogP contribution >= 0.6 is 0 Å². The molecule has 0 aromatic carbocycles. The molecule has 0 unspecified atom stereocenters. The third-order valence-electron chi connectivity index (χ3n) is 1.35. The predicted octanol–water partition coefficient (Wildman–Crippen LogP) is 3.16. The second-order valence-electron chi connectivity index (χ2n) is 5.24. The summed E-state index contributed by atoms with van der Waals surface area (Å²) in [6.07, 6.45) is 0. The molecule has 0 atom stereocenters. The Morgan fingerprint density at radius 2 is 1.69 bits per heavy atom. The summed E-state index contributed by atoms with van der Waals surface area (Å²) in [5.41, 5.74) is 0.246. The summed E-state index contributed by atoms with van der Waals surface area (Å²) in [6.45, 7) is 15.8. The summed E-state index contributed by atoms with van der Waals surface area (Å²) >= 11 is 0.279. The van der Waals surface area contributed by atoms with Gasteiger partial charge in [-0.2, -0.15) is 0 Å². The molecule has 0 amide bonds. The average molecular weight is 262 g/mol. The van der Waals surface area contributed by atoms with E-state index >= 15 is 0 Å².